The summed E-state index contributed by atoms with van der Waals surface area (Å²) >= 11 is 0. The van der Waals surface area contributed by atoms with Gasteiger partial charge in [0.2, 0.25) is 0 Å². The molecule has 1 unspecified atom stereocenters. The van der Waals surface area contributed by atoms with Gasteiger partial charge in [-0.3, -0.25) is 0 Å². The number of rotatable bonds is 4. The summed E-state index contributed by atoms with van der Waals surface area (Å²) in [6, 6.07) is 7.49. The van der Waals surface area contributed by atoms with Crippen LogP contribution in [0.1, 0.15) is 34.8 Å². The Hall–Kier alpha value is -2.30. The second-order valence-electron chi connectivity index (χ2n) is 4.50. The number of halogens is 1. The molecule has 0 saturated carbocycles. The van der Waals surface area contributed by atoms with Crippen LogP contribution in [-0.4, -0.2) is 13.1 Å². The summed E-state index contributed by atoms with van der Waals surface area (Å²) in [7, 11) is 1.28. The summed E-state index contributed by atoms with van der Waals surface area (Å²) in [6.07, 6.45) is 0. The molecular formula is C15H16FNO3. The normalized spacial score (nSPS) is 12.0. The largest absolute Gasteiger partial charge is 0.465 e. The van der Waals surface area contributed by atoms with E-state index >= 15 is 0 Å². The molecule has 0 fully saturated rings. The highest BCUT2D eigenvalue weighted by molar-refractivity contribution is 5.90. The van der Waals surface area contributed by atoms with Crippen molar-refractivity contribution in [3.63, 3.8) is 0 Å². The van der Waals surface area contributed by atoms with Crippen molar-refractivity contribution in [3.05, 3.63) is 53.2 Å². The number of hydrogen-bond acceptors (Lipinski definition) is 4. The Morgan fingerprint density at radius 2 is 2.10 bits per heavy atom. The lowest BCUT2D eigenvalue weighted by Crippen LogP contribution is -2.09. The average Bonchev–Trinajstić information content (AvgIpc) is 2.87. The highest BCUT2D eigenvalue weighted by Crippen LogP contribution is 2.24. The second-order valence-corrected chi connectivity index (χ2v) is 4.50. The van der Waals surface area contributed by atoms with Gasteiger partial charge in [0, 0.05) is 0 Å². The lowest BCUT2D eigenvalue weighted by molar-refractivity contribution is 0.0600. The molecule has 4 nitrogen and oxygen atoms in total. The number of nitrogens with one attached hydrogen (secondary N) is 1. The first-order valence-electron chi connectivity index (χ1n) is 6.22. The van der Waals surface area contributed by atoms with Crippen LogP contribution in [0, 0.1) is 12.7 Å². The molecule has 2 rings (SSSR count). The van der Waals surface area contributed by atoms with E-state index in [0.717, 1.165) is 5.76 Å². The first kappa shape index (κ1) is 14.1. The van der Waals surface area contributed by atoms with E-state index in [0.29, 0.717) is 11.3 Å². The number of anilines is 1. The van der Waals surface area contributed by atoms with Gasteiger partial charge in [0.25, 0.3) is 0 Å². The summed E-state index contributed by atoms with van der Waals surface area (Å²) in [5.41, 5.74) is 0.522. The minimum atomic E-state index is -0.505. The van der Waals surface area contributed by atoms with Gasteiger partial charge in [-0.25, -0.2) is 9.18 Å². The van der Waals surface area contributed by atoms with Gasteiger partial charge in [0.15, 0.2) is 0 Å². The molecule has 0 spiro atoms. The van der Waals surface area contributed by atoms with E-state index in [2.05, 4.69) is 10.1 Å². The predicted octanol–water partition coefficient (Wildman–Crippen LogP) is 3.69. The summed E-state index contributed by atoms with van der Waals surface area (Å²) in [5.74, 6) is 0.546. The van der Waals surface area contributed by atoms with Gasteiger partial charge in [-0.2, -0.15) is 0 Å². The van der Waals surface area contributed by atoms with Gasteiger partial charge in [0.05, 0.1) is 24.4 Å². The third kappa shape index (κ3) is 2.99. The van der Waals surface area contributed by atoms with Crippen molar-refractivity contribution in [2.24, 2.45) is 0 Å². The number of benzene rings is 1. The second kappa shape index (κ2) is 5.77. The number of carbonyl (C=O) groups excluding carboxylic acids is 1. The van der Waals surface area contributed by atoms with E-state index in [-0.39, 0.29) is 11.7 Å². The van der Waals surface area contributed by atoms with Gasteiger partial charge in [0.1, 0.15) is 17.3 Å². The number of esters is 1. The first-order chi connectivity index (χ1) is 9.51. The Balaban J connectivity index is 2.22. The summed E-state index contributed by atoms with van der Waals surface area (Å²) in [4.78, 5) is 11.4. The Morgan fingerprint density at radius 3 is 2.70 bits per heavy atom. The van der Waals surface area contributed by atoms with Gasteiger partial charge in [-0.1, -0.05) is 0 Å². The minimum Gasteiger partial charge on any atom is -0.465 e. The zero-order valence-electron chi connectivity index (χ0n) is 11.6. The fourth-order valence-electron chi connectivity index (χ4n) is 1.87. The molecule has 0 amide bonds. The topological polar surface area (TPSA) is 51.5 Å². The third-order valence-electron chi connectivity index (χ3n) is 2.95. The molecular weight excluding hydrogens is 261 g/mol. The van der Waals surface area contributed by atoms with Crippen molar-refractivity contribution >= 4 is 11.7 Å². The van der Waals surface area contributed by atoms with E-state index in [9.17, 15) is 9.18 Å². The van der Waals surface area contributed by atoms with Crippen molar-refractivity contribution in [1.29, 1.82) is 0 Å². The maximum Gasteiger partial charge on any atom is 0.337 e. The molecule has 0 aliphatic carbocycles. The quantitative estimate of drug-likeness (QED) is 0.866. The fourth-order valence-corrected chi connectivity index (χ4v) is 1.87. The molecule has 0 radical (unpaired) electrons. The van der Waals surface area contributed by atoms with Crippen LogP contribution in [0.5, 0.6) is 0 Å². The van der Waals surface area contributed by atoms with Crippen LogP contribution in [0.3, 0.4) is 0 Å². The zero-order chi connectivity index (χ0) is 14.7. The highest BCUT2D eigenvalue weighted by atomic mass is 19.1. The van der Waals surface area contributed by atoms with Gasteiger partial charge in [-0.05, 0) is 44.2 Å². The van der Waals surface area contributed by atoms with Crippen LogP contribution in [0.4, 0.5) is 10.1 Å². The zero-order valence-corrected chi connectivity index (χ0v) is 11.6. The maximum atomic E-state index is 13.8. The van der Waals surface area contributed by atoms with E-state index in [1.54, 1.807) is 0 Å². The maximum absolute atomic E-state index is 13.8. The van der Waals surface area contributed by atoms with Gasteiger partial charge < -0.3 is 14.5 Å². The molecule has 1 N–H and O–H groups in total. The van der Waals surface area contributed by atoms with Crippen molar-refractivity contribution in [2.75, 3.05) is 12.4 Å². The third-order valence-corrected chi connectivity index (χ3v) is 2.95. The summed E-state index contributed by atoms with van der Waals surface area (Å²) in [6.45, 7) is 3.69. The van der Waals surface area contributed by atoms with Crippen LogP contribution in [0.25, 0.3) is 0 Å². The Bertz CT molecular complexity index is 621. The van der Waals surface area contributed by atoms with Crippen LogP contribution < -0.4 is 5.32 Å². The van der Waals surface area contributed by atoms with Gasteiger partial charge in [-0.15, -0.1) is 0 Å². The monoisotopic (exact) mass is 277 g/mol. The summed E-state index contributed by atoms with van der Waals surface area (Å²) < 4.78 is 23.9. The molecule has 1 aromatic carbocycles. The van der Waals surface area contributed by atoms with Gasteiger partial charge >= 0.3 is 5.97 Å². The molecule has 5 heteroatoms. The lowest BCUT2D eigenvalue weighted by atomic mass is 10.1. The molecule has 1 aromatic heterocycles. The Morgan fingerprint density at radius 1 is 1.35 bits per heavy atom. The van der Waals surface area contributed by atoms with Crippen LogP contribution >= 0.6 is 0 Å². The Labute approximate surface area is 116 Å². The molecule has 2 aromatic rings. The fraction of sp³-hybridized carbons (Fsp3) is 0.267. The molecule has 20 heavy (non-hydrogen) atoms. The number of carbonyl (C=O) groups is 1. The molecule has 0 bridgehead atoms. The number of hydrogen-bond donors (Lipinski definition) is 1. The smallest absolute Gasteiger partial charge is 0.337 e. The highest BCUT2D eigenvalue weighted by Gasteiger charge is 2.14. The lowest BCUT2D eigenvalue weighted by Gasteiger charge is -2.14. The molecule has 0 saturated heterocycles. The van der Waals surface area contributed by atoms with E-state index in [1.165, 1.54) is 25.3 Å². The van der Waals surface area contributed by atoms with Crippen LogP contribution in [-0.2, 0) is 4.74 Å². The average molecular weight is 277 g/mol. The first-order valence-corrected chi connectivity index (χ1v) is 6.22. The molecule has 0 aliphatic heterocycles. The molecule has 0 aliphatic rings. The van der Waals surface area contributed by atoms with Crippen LogP contribution in [0.15, 0.2) is 34.7 Å². The SMILES string of the molecule is COC(=O)c1ccc(F)c(NC(C)c2ccc(C)o2)c1. The molecule has 1 heterocycles. The van der Waals surface area contributed by atoms with Crippen molar-refractivity contribution in [3.8, 4) is 0 Å². The van der Waals surface area contributed by atoms with Crippen molar-refractivity contribution in [2.45, 2.75) is 19.9 Å². The van der Waals surface area contributed by atoms with E-state index < -0.39 is 11.8 Å². The number of methoxy groups -OCH3 is 1. The standard InChI is InChI=1S/C15H16FNO3/c1-9-4-7-14(20-9)10(2)17-13-8-11(15(18)19-3)5-6-12(13)16/h4-8,10,17H,1-3H3. The van der Waals surface area contributed by atoms with E-state index in [4.69, 9.17) is 4.42 Å². The Kier molecular flexibility index (Phi) is 4.08. The number of ether oxygens (including phenoxy) is 1. The molecule has 1 atom stereocenters. The summed E-state index contributed by atoms with van der Waals surface area (Å²) in [5, 5.41) is 2.98. The predicted molar refractivity (Wildman–Crippen MR) is 73.2 cm³/mol. The van der Waals surface area contributed by atoms with Crippen LogP contribution in [0.2, 0.25) is 0 Å². The van der Waals surface area contributed by atoms with E-state index in [1.807, 2.05) is 26.0 Å². The molecule has 106 valence electrons. The van der Waals surface area contributed by atoms with Crippen molar-refractivity contribution in [1.82, 2.24) is 0 Å². The number of furan rings is 1. The number of aryl methyl sites for hydroxylation is 1. The minimum absolute atomic E-state index is 0.217. The van der Waals surface area contributed by atoms with Crippen molar-refractivity contribution < 1.29 is 18.3 Å².